The van der Waals surface area contributed by atoms with E-state index in [-0.39, 0.29) is 13.0 Å². The van der Waals surface area contributed by atoms with Crippen molar-refractivity contribution in [2.24, 2.45) is 0 Å². The number of carbonyl (C=O) groups is 3. The molecule has 1 unspecified atom stereocenters. The van der Waals surface area contributed by atoms with E-state index in [0.717, 1.165) is 12.0 Å². The van der Waals surface area contributed by atoms with E-state index in [4.69, 9.17) is 14.2 Å². The largest absolute Gasteiger partial charge is 0.480 e. The second-order valence-corrected chi connectivity index (χ2v) is 8.01. The van der Waals surface area contributed by atoms with Gasteiger partial charge in [-0.2, -0.15) is 0 Å². The minimum atomic E-state index is -1.19. The maximum atomic E-state index is 12.7. The van der Waals surface area contributed by atoms with Crippen LogP contribution >= 0.6 is 0 Å². The summed E-state index contributed by atoms with van der Waals surface area (Å²) in [4.78, 5) is 36.9. The molecule has 0 saturated carbocycles. The van der Waals surface area contributed by atoms with Gasteiger partial charge in [0.15, 0.2) is 5.79 Å². The van der Waals surface area contributed by atoms with Gasteiger partial charge in [0, 0.05) is 6.42 Å². The van der Waals surface area contributed by atoms with Crippen LogP contribution in [0.1, 0.15) is 45.6 Å². The molecule has 0 spiro atoms. The highest BCUT2D eigenvalue weighted by atomic mass is 16.7. The molecule has 0 aliphatic carbocycles. The van der Waals surface area contributed by atoms with Crippen LogP contribution < -0.4 is 10.6 Å². The summed E-state index contributed by atoms with van der Waals surface area (Å²) in [7, 11) is 0. The molecule has 1 aromatic carbocycles. The summed E-state index contributed by atoms with van der Waals surface area (Å²) in [6.07, 6.45) is 1.76. The van der Waals surface area contributed by atoms with Gasteiger partial charge in [0.25, 0.3) is 0 Å². The zero-order valence-electron chi connectivity index (χ0n) is 19.0. The molecule has 178 valence electrons. The van der Waals surface area contributed by atoms with Crippen molar-refractivity contribution >= 4 is 17.8 Å². The predicted molar refractivity (Wildman–Crippen MR) is 117 cm³/mol. The molecule has 9 nitrogen and oxygen atoms in total. The molecule has 1 amide bonds. The van der Waals surface area contributed by atoms with Gasteiger partial charge in [-0.25, -0.2) is 4.79 Å². The summed E-state index contributed by atoms with van der Waals surface area (Å²) < 4.78 is 16.3. The van der Waals surface area contributed by atoms with Gasteiger partial charge in [-0.05, 0) is 45.6 Å². The first-order chi connectivity index (χ1) is 15.2. The number of esters is 1. The van der Waals surface area contributed by atoms with E-state index in [0.29, 0.717) is 26.1 Å². The van der Waals surface area contributed by atoms with E-state index in [1.54, 1.807) is 20.8 Å². The van der Waals surface area contributed by atoms with Crippen molar-refractivity contribution in [2.75, 3.05) is 19.8 Å². The van der Waals surface area contributed by atoms with Gasteiger partial charge in [-0.3, -0.25) is 14.9 Å². The number of carbonyl (C=O) groups excluding carboxylic acids is 2. The molecule has 3 N–H and O–H groups in total. The number of aliphatic carboxylic acids is 1. The van der Waals surface area contributed by atoms with Crippen LogP contribution in [0.15, 0.2) is 30.3 Å². The van der Waals surface area contributed by atoms with Crippen LogP contribution in [0.4, 0.5) is 0 Å². The monoisotopic (exact) mass is 450 g/mol. The summed E-state index contributed by atoms with van der Waals surface area (Å²) in [6.45, 7) is 6.13. The number of amides is 1. The second-order valence-electron chi connectivity index (χ2n) is 8.01. The molecule has 1 heterocycles. The molecule has 1 saturated heterocycles. The second kappa shape index (κ2) is 12.5. The molecule has 0 aromatic heterocycles. The van der Waals surface area contributed by atoms with Crippen LogP contribution in [-0.2, 0) is 35.0 Å². The van der Waals surface area contributed by atoms with Crippen LogP contribution in [-0.4, -0.2) is 66.7 Å². The Balaban J connectivity index is 1.98. The highest BCUT2D eigenvalue weighted by Crippen LogP contribution is 2.24. The summed E-state index contributed by atoms with van der Waals surface area (Å²) in [5.74, 6) is -3.25. The minimum absolute atomic E-state index is 0.0316. The Kier molecular flexibility index (Phi) is 10.1. The third kappa shape index (κ3) is 8.22. The van der Waals surface area contributed by atoms with E-state index in [9.17, 15) is 19.5 Å². The molecule has 1 aliphatic heterocycles. The maximum absolute atomic E-state index is 12.7. The lowest BCUT2D eigenvalue weighted by molar-refractivity contribution is -0.261. The van der Waals surface area contributed by atoms with Gasteiger partial charge in [0.2, 0.25) is 5.91 Å². The van der Waals surface area contributed by atoms with Crippen LogP contribution in [0, 0.1) is 0 Å². The lowest BCUT2D eigenvalue weighted by Crippen LogP contribution is -2.55. The topological polar surface area (TPSA) is 123 Å². The standard InChI is InChI=1S/C23H34N2O7/c1-4-30-22(29)18(12-11-17-9-6-5-7-10-17)24-16(2)20(26)25-19(21(27)28)15-23(3)31-13-8-14-32-23/h5-7,9-10,16,18-19,24H,4,8,11-15H2,1-3H3,(H,25,26)(H,27,28)/t16?,18-,19-/m0/s1. The third-order valence-electron chi connectivity index (χ3n) is 5.27. The van der Waals surface area contributed by atoms with Crippen molar-refractivity contribution in [3.05, 3.63) is 35.9 Å². The van der Waals surface area contributed by atoms with Crippen molar-refractivity contribution < 1.29 is 33.7 Å². The number of aryl methyl sites for hydroxylation is 1. The van der Waals surface area contributed by atoms with Gasteiger partial charge in [-0.1, -0.05) is 30.3 Å². The number of nitrogens with one attached hydrogen (secondary N) is 2. The fourth-order valence-electron chi connectivity index (χ4n) is 3.51. The lowest BCUT2D eigenvalue weighted by atomic mass is 10.0. The number of benzene rings is 1. The Bertz CT molecular complexity index is 750. The number of hydrogen-bond donors (Lipinski definition) is 3. The van der Waals surface area contributed by atoms with E-state index >= 15 is 0 Å². The van der Waals surface area contributed by atoms with Gasteiger partial charge >= 0.3 is 11.9 Å². The molecule has 32 heavy (non-hydrogen) atoms. The first-order valence-corrected chi connectivity index (χ1v) is 11.0. The lowest BCUT2D eigenvalue weighted by Gasteiger charge is -2.36. The number of carboxylic acid groups (broad SMARTS) is 1. The Morgan fingerprint density at radius 3 is 2.41 bits per heavy atom. The zero-order chi connectivity index (χ0) is 23.6. The highest BCUT2D eigenvalue weighted by molar-refractivity contribution is 5.87. The van der Waals surface area contributed by atoms with Crippen LogP contribution in [0.25, 0.3) is 0 Å². The average molecular weight is 451 g/mol. The first-order valence-electron chi connectivity index (χ1n) is 11.0. The SMILES string of the molecule is CCOC(=O)[C@H](CCc1ccccc1)NC(C)C(=O)N[C@@H](CC1(C)OCCCO1)C(=O)O. The molecular formula is C23H34N2O7. The fraction of sp³-hybridized carbons (Fsp3) is 0.609. The van der Waals surface area contributed by atoms with E-state index < -0.39 is 41.8 Å². The molecule has 0 bridgehead atoms. The Morgan fingerprint density at radius 1 is 1.16 bits per heavy atom. The van der Waals surface area contributed by atoms with Crippen molar-refractivity contribution in [1.82, 2.24) is 10.6 Å². The molecule has 1 aromatic rings. The van der Waals surface area contributed by atoms with Crippen LogP contribution in [0.3, 0.4) is 0 Å². The molecule has 3 atom stereocenters. The van der Waals surface area contributed by atoms with Crippen LogP contribution in [0.5, 0.6) is 0 Å². The molecule has 0 radical (unpaired) electrons. The third-order valence-corrected chi connectivity index (χ3v) is 5.27. The van der Waals surface area contributed by atoms with Crippen molar-refractivity contribution in [2.45, 2.75) is 70.4 Å². The summed E-state index contributed by atoms with van der Waals surface area (Å²) in [5.41, 5.74) is 1.06. The Labute approximate surface area is 188 Å². The number of rotatable bonds is 12. The van der Waals surface area contributed by atoms with Gasteiger partial charge in [0.1, 0.15) is 12.1 Å². The first kappa shape index (κ1) is 25.8. The smallest absolute Gasteiger partial charge is 0.326 e. The van der Waals surface area contributed by atoms with Gasteiger partial charge in [-0.15, -0.1) is 0 Å². The van der Waals surface area contributed by atoms with E-state index in [2.05, 4.69) is 10.6 Å². The van der Waals surface area contributed by atoms with Crippen LogP contribution in [0.2, 0.25) is 0 Å². The average Bonchev–Trinajstić information content (AvgIpc) is 2.77. The summed E-state index contributed by atoms with van der Waals surface area (Å²) in [5, 5.41) is 15.1. The Morgan fingerprint density at radius 2 is 1.81 bits per heavy atom. The number of hydrogen-bond acceptors (Lipinski definition) is 7. The molecular weight excluding hydrogens is 416 g/mol. The van der Waals surface area contributed by atoms with Gasteiger partial charge < -0.3 is 24.6 Å². The maximum Gasteiger partial charge on any atom is 0.326 e. The van der Waals surface area contributed by atoms with Gasteiger partial charge in [0.05, 0.1) is 25.9 Å². The Hall–Kier alpha value is -2.49. The minimum Gasteiger partial charge on any atom is -0.480 e. The van der Waals surface area contributed by atoms with E-state index in [1.807, 2.05) is 30.3 Å². The van der Waals surface area contributed by atoms with Crippen molar-refractivity contribution in [3.8, 4) is 0 Å². The predicted octanol–water partition coefficient (Wildman–Crippen LogP) is 1.64. The normalized spacial score (nSPS) is 18.2. The van der Waals surface area contributed by atoms with Crippen molar-refractivity contribution in [3.63, 3.8) is 0 Å². The number of ether oxygens (including phenoxy) is 3. The highest BCUT2D eigenvalue weighted by Gasteiger charge is 2.36. The molecule has 1 aliphatic rings. The zero-order valence-corrected chi connectivity index (χ0v) is 19.0. The summed E-state index contributed by atoms with van der Waals surface area (Å²) >= 11 is 0. The quantitative estimate of drug-likeness (QED) is 0.411. The van der Waals surface area contributed by atoms with Crippen molar-refractivity contribution in [1.29, 1.82) is 0 Å². The molecule has 1 fully saturated rings. The molecule has 9 heteroatoms. The van der Waals surface area contributed by atoms with E-state index in [1.165, 1.54) is 0 Å². The number of carboxylic acids is 1. The summed E-state index contributed by atoms with van der Waals surface area (Å²) in [6, 6.07) is 6.97. The molecule has 2 rings (SSSR count). The fourth-order valence-corrected chi connectivity index (χ4v) is 3.51.